The molecule has 0 unspecified atom stereocenters. The first-order chi connectivity index (χ1) is 14.7. The predicted molar refractivity (Wildman–Crippen MR) is 123 cm³/mol. The molecule has 1 aliphatic heterocycles. The summed E-state index contributed by atoms with van der Waals surface area (Å²) >= 11 is 8.14. The van der Waals surface area contributed by atoms with Crippen LogP contribution in [0.25, 0.3) is 6.08 Å². The Morgan fingerprint density at radius 2 is 1.97 bits per heavy atom. The van der Waals surface area contributed by atoms with E-state index in [-0.39, 0.29) is 23.9 Å². The van der Waals surface area contributed by atoms with Gasteiger partial charge in [0, 0.05) is 23.5 Å². The minimum Gasteiger partial charge on any atom is -0.326 e. The number of hydrogen-bond acceptors (Lipinski definition) is 5. The van der Waals surface area contributed by atoms with Crippen LogP contribution in [-0.2, 0) is 15.8 Å². The quantitative estimate of drug-likeness (QED) is 0.277. The van der Waals surface area contributed by atoms with Crippen molar-refractivity contribution >= 4 is 63.2 Å². The fourth-order valence-corrected chi connectivity index (χ4v) is 4.96. The molecule has 0 bridgehead atoms. The van der Waals surface area contributed by atoms with Crippen molar-refractivity contribution in [1.82, 2.24) is 4.90 Å². The van der Waals surface area contributed by atoms with Crippen molar-refractivity contribution in [3.8, 4) is 0 Å². The van der Waals surface area contributed by atoms with Gasteiger partial charge in [-0.05, 0) is 48.6 Å². The number of alkyl halides is 3. The van der Waals surface area contributed by atoms with E-state index < -0.39 is 11.7 Å². The lowest BCUT2D eigenvalue weighted by Gasteiger charge is -2.14. The lowest BCUT2D eigenvalue weighted by Crippen LogP contribution is -2.29. The molecular formula is C21H19F3N2O2S3. The van der Waals surface area contributed by atoms with Crippen molar-refractivity contribution in [3.63, 3.8) is 0 Å². The molecule has 1 saturated heterocycles. The van der Waals surface area contributed by atoms with E-state index >= 15 is 0 Å². The van der Waals surface area contributed by atoms with Crippen molar-refractivity contribution in [1.29, 1.82) is 0 Å². The number of thiocarbonyl (C=S) groups is 1. The standard InChI is InChI=1S/C21H19F3N2O2S3/c22-21(23,24)14-6-4-7-15(12-14)25-18(27)9-2-1-3-10-26-19(28)17(31-20(26)29)13-16-8-5-11-30-16/h4-8,11-13H,1-3,9-10H2,(H,25,27)/b17-13+. The molecule has 0 atom stereocenters. The second-order valence-corrected chi connectivity index (χ2v) is 9.44. The van der Waals surface area contributed by atoms with Crippen molar-refractivity contribution in [3.05, 3.63) is 57.1 Å². The number of nitrogens with one attached hydrogen (secondary N) is 1. The molecule has 1 N–H and O–H groups in total. The second kappa shape index (κ2) is 10.4. The lowest BCUT2D eigenvalue weighted by molar-refractivity contribution is -0.137. The van der Waals surface area contributed by atoms with Gasteiger partial charge in [0.05, 0.1) is 10.5 Å². The Labute approximate surface area is 191 Å². The average Bonchev–Trinajstić information content (AvgIpc) is 3.31. The van der Waals surface area contributed by atoms with Crippen molar-refractivity contribution in [2.24, 2.45) is 0 Å². The van der Waals surface area contributed by atoms with Crippen LogP contribution in [-0.4, -0.2) is 27.6 Å². The van der Waals surface area contributed by atoms with E-state index in [1.54, 1.807) is 16.2 Å². The van der Waals surface area contributed by atoms with E-state index in [1.807, 2.05) is 23.6 Å². The van der Waals surface area contributed by atoms with Crippen molar-refractivity contribution < 1.29 is 22.8 Å². The molecule has 31 heavy (non-hydrogen) atoms. The highest BCUT2D eigenvalue weighted by atomic mass is 32.2. The smallest absolute Gasteiger partial charge is 0.326 e. The third-order valence-corrected chi connectivity index (χ3v) is 6.65. The number of nitrogens with zero attached hydrogens (tertiary/aromatic N) is 1. The van der Waals surface area contributed by atoms with Crippen LogP contribution in [0.4, 0.5) is 18.9 Å². The van der Waals surface area contributed by atoms with Gasteiger partial charge in [-0.1, -0.05) is 42.5 Å². The predicted octanol–water partition coefficient (Wildman–Crippen LogP) is 6.17. The zero-order chi connectivity index (χ0) is 22.4. The average molecular weight is 485 g/mol. The maximum Gasteiger partial charge on any atom is 0.416 e. The molecule has 3 rings (SSSR count). The summed E-state index contributed by atoms with van der Waals surface area (Å²) in [5.74, 6) is -0.450. The summed E-state index contributed by atoms with van der Waals surface area (Å²) in [5, 5.41) is 4.43. The third-order valence-electron chi connectivity index (χ3n) is 4.45. The molecule has 2 heterocycles. The molecule has 10 heteroatoms. The van der Waals surface area contributed by atoms with Gasteiger partial charge in [0.2, 0.25) is 5.91 Å². The lowest BCUT2D eigenvalue weighted by atomic mass is 10.1. The van der Waals surface area contributed by atoms with Gasteiger partial charge < -0.3 is 5.32 Å². The first-order valence-corrected chi connectivity index (χ1v) is 11.6. The molecule has 2 amide bonds. The highest BCUT2D eigenvalue weighted by Gasteiger charge is 2.32. The highest BCUT2D eigenvalue weighted by molar-refractivity contribution is 8.26. The molecule has 4 nitrogen and oxygen atoms in total. The summed E-state index contributed by atoms with van der Waals surface area (Å²) in [5.41, 5.74) is -0.683. The minimum atomic E-state index is -4.45. The van der Waals surface area contributed by atoms with Crippen LogP contribution < -0.4 is 5.32 Å². The second-order valence-electron chi connectivity index (χ2n) is 6.79. The molecule has 1 aromatic carbocycles. The fourth-order valence-electron chi connectivity index (χ4n) is 2.92. The SMILES string of the molecule is O=C(CCCCCN1C(=O)/C(=C\c2cccs2)SC1=S)Nc1cccc(C(F)(F)F)c1. The largest absolute Gasteiger partial charge is 0.416 e. The zero-order valence-electron chi connectivity index (χ0n) is 16.3. The van der Waals surface area contributed by atoms with Gasteiger partial charge in [-0.15, -0.1) is 11.3 Å². The number of halogens is 3. The van der Waals surface area contributed by atoms with Gasteiger partial charge in [0.1, 0.15) is 4.32 Å². The number of thioether (sulfide) groups is 1. The zero-order valence-corrected chi connectivity index (χ0v) is 18.7. The van der Waals surface area contributed by atoms with Crippen LogP contribution in [0, 0.1) is 0 Å². The Kier molecular flexibility index (Phi) is 7.90. The molecule has 1 aliphatic rings. The number of carbonyl (C=O) groups excluding carboxylic acids is 2. The molecule has 0 radical (unpaired) electrons. The Morgan fingerprint density at radius 1 is 1.16 bits per heavy atom. The van der Waals surface area contributed by atoms with Gasteiger partial charge in [0.25, 0.3) is 5.91 Å². The van der Waals surface area contributed by atoms with Crippen LogP contribution >= 0.6 is 35.3 Å². The van der Waals surface area contributed by atoms with E-state index in [9.17, 15) is 22.8 Å². The summed E-state index contributed by atoms with van der Waals surface area (Å²) in [6, 6.07) is 8.40. The van der Waals surface area contributed by atoms with Gasteiger partial charge in [-0.3, -0.25) is 14.5 Å². The first kappa shape index (κ1) is 23.5. The van der Waals surface area contributed by atoms with E-state index in [2.05, 4.69) is 5.32 Å². The van der Waals surface area contributed by atoms with E-state index in [1.165, 1.54) is 23.9 Å². The summed E-state index contributed by atoms with van der Waals surface area (Å²) in [7, 11) is 0. The first-order valence-electron chi connectivity index (χ1n) is 9.50. The molecule has 1 fully saturated rings. The van der Waals surface area contributed by atoms with Crippen molar-refractivity contribution in [2.45, 2.75) is 31.9 Å². The maximum absolute atomic E-state index is 12.7. The summed E-state index contributed by atoms with van der Waals surface area (Å²) in [6.07, 6.45) is -0.502. The van der Waals surface area contributed by atoms with Crippen LogP contribution in [0.3, 0.4) is 0 Å². The number of unbranched alkanes of at least 4 members (excludes halogenated alkanes) is 2. The number of benzene rings is 1. The van der Waals surface area contributed by atoms with Gasteiger partial charge in [-0.25, -0.2) is 0 Å². The van der Waals surface area contributed by atoms with Crippen LogP contribution in [0.15, 0.2) is 46.7 Å². The van der Waals surface area contributed by atoms with E-state index in [0.717, 1.165) is 17.0 Å². The number of thiophene rings is 1. The van der Waals surface area contributed by atoms with Crippen LogP contribution in [0.2, 0.25) is 0 Å². The normalized spacial score (nSPS) is 15.7. The van der Waals surface area contributed by atoms with Crippen molar-refractivity contribution in [2.75, 3.05) is 11.9 Å². The highest BCUT2D eigenvalue weighted by Crippen LogP contribution is 2.33. The van der Waals surface area contributed by atoms with Crippen LogP contribution in [0.5, 0.6) is 0 Å². The van der Waals surface area contributed by atoms with E-state index in [4.69, 9.17) is 12.2 Å². The molecule has 1 aromatic heterocycles. The number of carbonyl (C=O) groups is 2. The number of anilines is 1. The Morgan fingerprint density at radius 3 is 2.68 bits per heavy atom. The Balaban J connectivity index is 1.40. The Bertz CT molecular complexity index is 988. The summed E-state index contributed by atoms with van der Waals surface area (Å²) in [4.78, 5) is 27.7. The number of amides is 2. The Hall–Kier alpha value is -2.17. The molecule has 2 aromatic rings. The summed E-state index contributed by atoms with van der Waals surface area (Å²) < 4.78 is 38.7. The molecular weight excluding hydrogens is 465 g/mol. The van der Waals surface area contributed by atoms with Gasteiger partial charge in [-0.2, -0.15) is 13.2 Å². The summed E-state index contributed by atoms with van der Waals surface area (Å²) in [6.45, 7) is 0.474. The number of rotatable bonds is 8. The van der Waals surface area contributed by atoms with Crippen LogP contribution in [0.1, 0.15) is 36.1 Å². The third kappa shape index (κ3) is 6.65. The molecule has 164 valence electrons. The van der Waals surface area contributed by atoms with Gasteiger partial charge >= 0.3 is 6.18 Å². The molecule has 0 aliphatic carbocycles. The number of hydrogen-bond donors (Lipinski definition) is 1. The fraction of sp³-hybridized carbons (Fsp3) is 0.286. The minimum absolute atomic E-state index is 0.106. The van der Waals surface area contributed by atoms with E-state index in [0.29, 0.717) is 35.0 Å². The monoisotopic (exact) mass is 484 g/mol. The maximum atomic E-state index is 12.7. The molecule has 0 saturated carbocycles. The van der Waals surface area contributed by atoms with Gasteiger partial charge in [0.15, 0.2) is 0 Å². The molecule has 0 spiro atoms. The topological polar surface area (TPSA) is 49.4 Å².